The van der Waals surface area contributed by atoms with Crippen LogP contribution < -0.4 is 26.0 Å². The molecule has 16 heteroatoms. The van der Waals surface area contributed by atoms with Gasteiger partial charge in [-0.2, -0.15) is 4.98 Å². The molecule has 4 saturated heterocycles. The number of amides is 4. The zero-order valence-electron chi connectivity index (χ0n) is 37.3. The smallest absolute Gasteiger partial charge is 0.278 e. The van der Waals surface area contributed by atoms with E-state index in [4.69, 9.17) is 9.97 Å². The Kier molecular flexibility index (Phi) is 10.9. The van der Waals surface area contributed by atoms with Gasteiger partial charge in [0.25, 0.3) is 17.4 Å². The Morgan fingerprint density at radius 1 is 0.831 bits per heavy atom. The van der Waals surface area contributed by atoms with E-state index in [2.05, 4.69) is 62.0 Å². The molecule has 3 aromatic heterocycles. The Balaban J connectivity index is 0.00000246. The van der Waals surface area contributed by atoms with Crippen LogP contribution in [0.1, 0.15) is 97.2 Å². The fourth-order valence-electron chi connectivity index (χ4n) is 10.9. The molecule has 6 aliphatic rings. The number of aromatic nitrogens is 5. The number of carbonyl (C=O) groups is 4. The van der Waals surface area contributed by atoms with Gasteiger partial charge < -0.3 is 15.1 Å². The maximum Gasteiger partial charge on any atom is 0.278 e. The Hall–Kier alpha value is -6.68. The van der Waals surface area contributed by atoms with Gasteiger partial charge in [0.05, 0.1) is 17.7 Å². The Morgan fingerprint density at radius 3 is 2.29 bits per heavy atom. The van der Waals surface area contributed by atoms with Gasteiger partial charge in [0.15, 0.2) is 11.5 Å². The van der Waals surface area contributed by atoms with E-state index < -0.39 is 23.8 Å². The molecule has 1 aliphatic carbocycles. The molecule has 11 rings (SSSR count). The molecule has 0 saturated carbocycles. The third-order valence-electron chi connectivity index (χ3n) is 14.2. The molecular weight excluding hydrogens is 823 g/mol. The molecule has 16 nitrogen and oxygen atoms in total. The average molecular weight is 878 g/mol. The number of hydrogen-bond acceptors (Lipinski definition) is 12. The Bertz CT molecular complexity index is 2790. The van der Waals surface area contributed by atoms with E-state index in [-0.39, 0.29) is 24.3 Å². The van der Waals surface area contributed by atoms with Crippen LogP contribution in [0.3, 0.4) is 0 Å². The van der Waals surface area contributed by atoms with Crippen molar-refractivity contribution < 1.29 is 19.2 Å². The van der Waals surface area contributed by atoms with Crippen LogP contribution in [-0.2, 0) is 22.6 Å². The number of piperidine rings is 2. The molecule has 65 heavy (non-hydrogen) atoms. The number of anilines is 4. The summed E-state index contributed by atoms with van der Waals surface area (Å²) in [7, 11) is 0. The van der Waals surface area contributed by atoms with Crippen LogP contribution in [0.4, 0.5) is 23.0 Å². The van der Waals surface area contributed by atoms with E-state index in [0.29, 0.717) is 57.8 Å². The lowest BCUT2D eigenvalue weighted by molar-refractivity contribution is -0.136. The van der Waals surface area contributed by atoms with Crippen LogP contribution in [0, 0.1) is 5.41 Å². The topological polar surface area (TPSA) is 171 Å². The van der Waals surface area contributed by atoms with Gasteiger partial charge in [-0.3, -0.25) is 39.1 Å². The molecule has 2 unspecified atom stereocenters. The maximum atomic E-state index is 13.5. The molecule has 1 spiro atoms. The first kappa shape index (κ1) is 42.3. The Morgan fingerprint density at radius 2 is 1.57 bits per heavy atom. The lowest BCUT2D eigenvalue weighted by atomic mass is 9.71. The molecular formula is C49H55N11O5. The summed E-state index contributed by atoms with van der Waals surface area (Å²) in [6, 6.07) is 17.4. The Labute approximate surface area is 377 Å². The third kappa shape index (κ3) is 7.27. The number of aryl methyl sites for hydroxylation is 1. The van der Waals surface area contributed by atoms with Gasteiger partial charge in [0, 0.05) is 92.0 Å². The van der Waals surface area contributed by atoms with E-state index in [1.165, 1.54) is 11.3 Å². The number of allylic oxidation sites excluding steroid dienone is 1. The van der Waals surface area contributed by atoms with Crippen molar-refractivity contribution in [1.82, 2.24) is 39.4 Å². The first-order valence-electron chi connectivity index (χ1n) is 23.2. The molecule has 2 N–H and O–H groups in total. The minimum atomic E-state index is -0.969. The monoisotopic (exact) mass is 877 g/mol. The third-order valence-corrected chi connectivity index (χ3v) is 14.2. The number of carbonyl (C=O) groups excluding carboxylic acids is 4. The van der Waals surface area contributed by atoms with E-state index in [0.717, 1.165) is 93.3 Å². The molecule has 4 amide bonds. The number of nitrogens with zero attached hydrogens (tertiary/aromatic N) is 9. The molecule has 8 heterocycles. The number of hydrogen-bond donors (Lipinski definition) is 2. The summed E-state index contributed by atoms with van der Waals surface area (Å²) in [4.78, 5) is 87.0. The van der Waals surface area contributed by atoms with Gasteiger partial charge in [0.2, 0.25) is 17.8 Å². The normalized spacial score (nSPS) is 21.4. The van der Waals surface area contributed by atoms with Gasteiger partial charge in [-0.1, -0.05) is 32.9 Å². The highest BCUT2D eigenvalue weighted by Crippen LogP contribution is 2.44. The fraction of sp³-hybridized carbons (Fsp3) is 0.429. The molecule has 2 atom stereocenters. The average Bonchev–Trinajstić information content (AvgIpc) is 3.92. The zero-order chi connectivity index (χ0) is 45.1. The van der Waals surface area contributed by atoms with E-state index in [1.807, 2.05) is 38.1 Å². The summed E-state index contributed by atoms with van der Waals surface area (Å²) in [6.07, 6.45) is 8.71. The van der Waals surface area contributed by atoms with Gasteiger partial charge in [-0.15, -0.1) is 6.58 Å². The second kappa shape index (κ2) is 16.7. The van der Waals surface area contributed by atoms with Crippen LogP contribution in [0.15, 0.2) is 78.2 Å². The van der Waals surface area contributed by atoms with Crippen LogP contribution in [0.2, 0.25) is 0 Å². The minimum Gasteiger partial charge on any atom is -0.371 e. The van der Waals surface area contributed by atoms with Crippen LogP contribution in [0.25, 0.3) is 16.9 Å². The molecule has 2 aromatic carbocycles. The quantitative estimate of drug-likeness (QED) is 0.132. The maximum absolute atomic E-state index is 13.5. The number of rotatable bonds is 10. The van der Waals surface area contributed by atoms with Crippen molar-refractivity contribution in [3.05, 3.63) is 106 Å². The van der Waals surface area contributed by atoms with Crippen molar-refractivity contribution in [2.24, 2.45) is 5.41 Å². The summed E-state index contributed by atoms with van der Waals surface area (Å²) >= 11 is 0. The fourth-order valence-corrected chi connectivity index (χ4v) is 10.9. The van der Waals surface area contributed by atoms with Crippen molar-refractivity contribution >= 4 is 57.7 Å². The lowest BCUT2D eigenvalue weighted by Gasteiger charge is -2.63. The van der Waals surface area contributed by atoms with Gasteiger partial charge in [-0.05, 0) is 92.6 Å². The first-order valence-corrected chi connectivity index (χ1v) is 23.2. The number of benzene rings is 2. The van der Waals surface area contributed by atoms with Gasteiger partial charge in [-0.25, -0.2) is 19.3 Å². The summed E-state index contributed by atoms with van der Waals surface area (Å²) in [5.74, 6) is -0.471. The van der Waals surface area contributed by atoms with Crippen molar-refractivity contribution in [3.63, 3.8) is 0 Å². The number of nitrogens with one attached hydrogen (secondary N) is 2. The van der Waals surface area contributed by atoms with E-state index in [1.54, 1.807) is 33.8 Å². The van der Waals surface area contributed by atoms with Crippen molar-refractivity contribution in [2.45, 2.75) is 90.3 Å². The van der Waals surface area contributed by atoms with E-state index >= 15 is 0 Å². The molecule has 0 bridgehead atoms. The molecule has 336 valence electrons. The summed E-state index contributed by atoms with van der Waals surface area (Å²) in [5, 5.41) is 6.03. The largest absolute Gasteiger partial charge is 0.371 e. The summed E-state index contributed by atoms with van der Waals surface area (Å²) < 4.78 is 3.42. The highest BCUT2D eigenvalue weighted by molar-refractivity contribution is 6.23. The summed E-state index contributed by atoms with van der Waals surface area (Å²) in [5.41, 5.74) is 6.56. The second-order valence-corrected chi connectivity index (χ2v) is 18.1. The zero-order valence-corrected chi connectivity index (χ0v) is 37.3. The highest BCUT2D eigenvalue weighted by Gasteiger charge is 2.53. The number of imide groups is 2. The minimum absolute atomic E-state index is 0.0953. The van der Waals surface area contributed by atoms with Gasteiger partial charge >= 0.3 is 0 Å². The second-order valence-electron chi connectivity index (χ2n) is 18.1. The molecule has 4 fully saturated rings. The number of fused-ring (bicyclic) bond motifs is 3. The van der Waals surface area contributed by atoms with Crippen molar-refractivity contribution in [3.8, 4) is 5.82 Å². The molecule has 5 aromatic rings. The predicted octanol–water partition coefficient (Wildman–Crippen LogP) is 5.57. The number of likely N-dealkylation sites (tertiary alicyclic amines) is 1. The lowest BCUT2D eigenvalue weighted by Crippen LogP contribution is -2.74. The standard InChI is InChI=1S/C47H49N11O5.C2H6/c1-3-19-56-43(61)36-23-48-46(52-41(36)58(56)38-15-7-29-6-5-28(4-2)40(29)50-38)49-30-8-10-31(11-9-30)54-24-47(25-54)26-55(27-47)32-17-20-53(21-18-32)33-12-13-34-35(22-33)45(63)57(44(34)62)37-14-16-39(59)51-42(37)60;1-2/h3,7-13,15,22-23,28,32,37H,1,4-6,14,16-21,24-27H2,2H3,(H,48,49,52)(H,51,59,60);1-2H3. The van der Waals surface area contributed by atoms with Crippen LogP contribution in [0.5, 0.6) is 0 Å². The van der Waals surface area contributed by atoms with Crippen molar-refractivity contribution in [1.29, 1.82) is 0 Å². The van der Waals surface area contributed by atoms with Gasteiger partial charge in [0.1, 0.15) is 11.4 Å². The van der Waals surface area contributed by atoms with Crippen LogP contribution >= 0.6 is 0 Å². The SMILES string of the molecule is C=CCn1c(=O)c2cnc(Nc3ccc(N4CC5(C4)CN(C4CCN(c6ccc7c(c6)C(=O)N(C6CCC(=O)NC6=O)C7=O)CC4)C5)cc3)nc2n1-c1ccc2c(n1)C(CC)CC2.CC. The van der Waals surface area contributed by atoms with Crippen LogP contribution in [-0.4, -0.2) is 109 Å². The molecule has 0 radical (unpaired) electrons. The predicted molar refractivity (Wildman–Crippen MR) is 248 cm³/mol. The first-order chi connectivity index (χ1) is 31.6. The summed E-state index contributed by atoms with van der Waals surface area (Å²) in [6.45, 7) is 16.3. The van der Waals surface area contributed by atoms with E-state index in [9.17, 15) is 24.0 Å². The van der Waals surface area contributed by atoms with Crippen molar-refractivity contribution in [2.75, 3.05) is 54.4 Å². The highest BCUT2D eigenvalue weighted by atomic mass is 16.2. The number of pyridine rings is 1. The molecule has 5 aliphatic heterocycles.